The highest BCUT2D eigenvalue weighted by Gasteiger charge is 2.26. The van der Waals surface area contributed by atoms with E-state index in [1.54, 1.807) is 7.11 Å². The maximum Gasteiger partial charge on any atom is 0.168 e. The Morgan fingerprint density at radius 2 is 2.27 bits per heavy atom. The molecule has 0 aliphatic heterocycles. The minimum absolute atomic E-state index is 0.130. The van der Waals surface area contributed by atoms with Crippen molar-refractivity contribution in [2.24, 2.45) is 5.92 Å². The fourth-order valence-corrected chi connectivity index (χ4v) is 1.46. The highest BCUT2D eigenvalue weighted by molar-refractivity contribution is 5.88. The van der Waals surface area contributed by atoms with Crippen molar-refractivity contribution in [2.45, 2.75) is 26.4 Å². The molecule has 2 nitrogen and oxygen atoms in total. The van der Waals surface area contributed by atoms with Crippen molar-refractivity contribution in [3.8, 4) is 0 Å². The van der Waals surface area contributed by atoms with E-state index in [9.17, 15) is 4.79 Å². The lowest BCUT2D eigenvalue weighted by Gasteiger charge is -2.22. The van der Waals surface area contributed by atoms with Crippen LogP contribution in [0.1, 0.15) is 20.3 Å². The molecule has 0 spiro atoms. The van der Waals surface area contributed by atoms with Gasteiger partial charge in [-0.1, -0.05) is 12.5 Å². The van der Waals surface area contributed by atoms with Gasteiger partial charge in [0, 0.05) is 13.0 Å². The third-order valence-electron chi connectivity index (χ3n) is 2.08. The van der Waals surface area contributed by atoms with Gasteiger partial charge in [-0.15, -0.1) is 0 Å². The van der Waals surface area contributed by atoms with Crippen molar-refractivity contribution in [3.63, 3.8) is 0 Å². The first-order valence-electron chi connectivity index (χ1n) is 3.89. The lowest BCUT2D eigenvalue weighted by Crippen LogP contribution is -2.30. The maximum absolute atomic E-state index is 11.3. The average molecular weight is 154 g/mol. The summed E-state index contributed by atoms with van der Waals surface area (Å²) in [5.41, 5.74) is 1.25. The zero-order chi connectivity index (χ0) is 8.43. The van der Waals surface area contributed by atoms with E-state index in [2.05, 4.69) is 0 Å². The Morgan fingerprint density at radius 1 is 1.64 bits per heavy atom. The van der Waals surface area contributed by atoms with Crippen LogP contribution in [0.15, 0.2) is 11.6 Å². The van der Waals surface area contributed by atoms with Gasteiger partial charge in [0.1, 0.15) is 6.10 Å². The molecule has 2 heteroatoms. The fraction of sp³-hybridized carbons (Fsp3) is 0.667. The smallest absolute Gasteiger partial charge is 0.168 e. The van der Waals surface area contributed by atoms with Crippen LogP contribution in [0.25, 0.3) is 0 Å². The number of ether oxygens (including phenoxy) is 1. The minimum atomic E-state index is -0.293. The first-order chi connectivity index (χ1) is 5.15. The molecule has 0 radical (unpaired) electrons. The zero-order valence-corrected chi connectivity index (χ0v) is 7.26. The molecule has 1 unspecified atom stereocenters. The molecule has 1 rings (SSSR count). The second kappa shape index (κ2) is 3.18. The van der Waals surface area contributed by atoms with Crippen molar-refractivity contribution in [1.82, 2.24) is 0 Å². The van der Waals surface area contributed by atoms with Crippen LogP contribution in [-0.2, 0) is 9.53 Å². The molecule has 0 heterocycles. The monoisotopic (exact) mass is 154 g/mol. The Morgan fingerprint density at radius 3 is 2.82 bits per heavy atom. The summed E-state index contributed by atoms with van der Waals surface area (Å²) < 4.78 is 5.02. The molecular weight excluding hydrogens is 140 g/mol. The van der Waals surface area contributed by atoms with E-state index < -0.39 is 0 Å². The number of Topliss-reactive ketones (excluding diaryl/α,β-unsaturated/α-hetero) is 1. The van der Waals surface area contributed by atoms with Crippen LogP contribution in [0.5, 0.6) is 0 Å². The van der Waals surface area contributed by atoms with E-state index in [1.165, 1.54) is 5.57 Å². The number of carbonyl (C=O) groups excluding carboxylic acids is 1. The van der Waals surface area contributed by atoms with E-state index in [0.29, 0.717) is 0 Å². The molecule has 0 saturated carbocycles. The molecule has 0 aromatic heterocycles. The molecular formula is C9H14O2. The largest absolute Gasteiger partial charge is 0.370 e. The molecule has 1 aliphatic carbocycles. The molecule has 0 amide bonds. The normalized spacial score (nSPS) is 31.9. The zero-order valence-electron chi connectivity index (χ0n) is 7.26. The second-order valence-electron chi connectivity index (χ2n) is 3.18. The topological polar surface area (TPSA) is 26.3 Å². The Kier molecular flexibility index (Phi) is 2.45. The standard InChI is InChI=1S/C9H14O2/c1-6-4-7(2)9(10)8(5-6)11-3/h5,7-8H,4H2,1-3H3/t7-,8?/m0/s1. The van der Waals surface area contributed by atoms with Gasteiger partial charge in [-0.3, -0.25) is 4.79 Å². The summed E-state index contributed by atoms with van der Waals surface area (Å²) in [6.45, 7) is 3.99. The molecule has 11 heavy (non-hydrogen) atoms. The van der Waals surface area contributed by atoms with Crippen molar-refractivity contribution >= 4 is 5.78 Å². The summed E-state index contributed by atoms with van der Waals surface area (Å²) in [5.74, 6) is 0.336. The van der Waals surface area contributed by atoms with Crippen LogP contribution in [-0.4, -0.2) is 19.0 Å². The van der Waals surface area contributed by atoms with Gasteiger partial charge in [0.15, 0.2) is 5.78 Å². The Labute approximate surface area is 67.2 Å². The van der Waals surface area contributed by atoms with Gasteiger partial charge in [-0.25, -0.2) is 0 Å². The van der Waals surface area contributed by atoms with Crippen LogP contribution in [0.4, 0.5) is 0 Å². The Bertz CT molecular complexity index is 194. The number of carbonyl (C=O) groups is 1. The molecule has 2 atom stereocenters. The maximum atomic E-state index is 11.3. The number of hydrogen-bond donors (Lipinski definition) is 0. The van der Waals surface area contributed by atoms with Crippen LogP contribution in [0.2, 0.25) is 0 Å². The molecule has 0 bridgehead atoms. The van der Waals surface area contributed by atoms with Gasteiger partial charge in [0.05, 0.1) is 0 Å². The van der Waals surface area contributed by atoms with Gasteiger partial charge < -0.3 is 4.74 Å². The van der Waals surface area contributed by atoms with Crippen molar-refractivity contribution in [3.05, 3.63) is 11.6 Å². The van der Waals surface area contributed by atoms with Gasteiger partial charge in [0.25, 0.3) is 0 Å². The van der Waals surface area contributed by atoms with E-state index >= 15 is 0 Å². The number of hydrogen-bond acceptors (Lipinski definition) is 2. The van der Waals surface area contributed by atoms with E-state index in [0.717, 1.165) is 6.42 Å². The SMILES string of the molecule is COC1C=C(C)C[C@H](C)C1=O. The molecule has 0 fully saturated rings. The van der Waals surface area contributed by atoms with Crippen LogP contribution in [0.3, 0.4) is 0 Å². The van der Waals surface area contributed by atoms with E-state index in [4.69, 9.17) is 4.74 Å². The lowest BCUT2D eigenvalue weighted by atomic mass is 9.88. The average Bonchev–Trinajstić information content (AvgIpc) is 1.96. The first-order valence-corrected chi connectivity index (χ1v) is 3.89. The number of allylic oxidation sites excluding steroid dienone is 1. The number of ketones is 1. The fourth-order valence-electron chi connectivity index (χ4n) is 1.46. The van der Waals surface area contributed by atoms with Gasteiger partial charge in [-0.05, 0) is 19.4 Å². The Balaban J connectivity index is 2.78. The summed E-state index contributed by atoms with van der Waals surface area (Å²) in [6, 6.07) is 0. The van der Waals surface area contributed by atoms with E-state index in [-0.39, 0.29) is 17.8 Å². The lowest BCUT2D eigenvalue weighted by molar-refractivity contribution is -0.130. The Hall–Kier alpha value is -0.630. The molecule has 0 aromatic carbocycles. The first kappa shape index (κ1) is 8.47. The second-order valence-corrected chi connectivity index (χ2v) is 3.18. The quantitative estimate of drug-likeness (QED) is 0.536. The van der Waals surface area contributed by atoms with E-state index in [1.807, 2.05) is 19.9 Å². The van der Waals surface area contributed by atoms with Gasteiger partial charge in [-0.2, -0.15) is 0 Å². The highest BCUT2D eigenvalue weighted by atomic mass is 16.5. The molecule has 62 valence electrons. The molecule has 0 saturated heterocycles. The van der Waals surface area contributed by atoms with Crippen molar-refractivity contribution in [1.29, 1.82) is 0 Å². The minimum Gasteiger partial charge on any atom is -0.370 e. The third-order valence-corrected chi connectivity index (χ3v) is 2.08. The summed E-state index contributed by atoms with van der Waals surface area (Å²) in [7, 11) is 1.57. The molecule has 1 aliphatic rings. The summed E-state index contributed by atoms with van der Waals surface area (Å²) in [6.07, 6.45) is 2.50. The van der Waals surface area contributed by atoms with Crippen LogP contribution >= 0.6 is 0 Å². The summed E-state index contributed by atoms with van der Waals surface area (Å²) in [4.78, 5) is 11.3. The van der Waals surface area contributed by atoms with Gasteiger partial charge in [0.2, 0.25) is 0 Å². The number of rotatable bonds is 1. The number of methoxy groups -OCH3 is 1. The van der Waals surface area contributed by atoms with Crippen LogP contribution in [0, 0.1) is 5.92 Å². The summed E-state index contributed by atoms with van der Waals surface area (Å²) in [5, 5.41) is 0. The molecule has 0 N–H and O–H groups in total. The summed E-state index contributed by atoms with van der Waals surface area (Å²) >= 11 is 0. The van der Waals surface area contributed by atoms with Crippen molar-refractivity contribution < 1.29 is 9.53 Å². The third kappa shape index (κ3) is 1.69. The predicted molar refractivity (Wildman–Crippen MR) is 43.3 cm³/mol. The highest BCUT2D eigenvalue weighted by Crippen LogP contribution is 2.21. The molecule has 0 aromatic rings. The van der Waals surface area contributed by atoms with Gasteiger partial charge >= 0.3 is 0 Å². The predicted octanol–water partition coefficient (Wildman–Crippen LogP) is 1.56. The van der Waals surface area contributed by atoms with Crippen molar-refractivity contribution in [2.75, 3.05) is 7.11 Å². The van der Waals surface area contributed by atoms with Crippen LogP contribution < -0.4 is 0 Å².